The number of hydrogen-bond acceptors (Lipinski definition) is 6. The zero-order valence-electron chi connectivity index (χ0n) is 16.1. The van der Waals surface area contributed by atoms with E-state index in [0.717, 1.165) is 32.4 Å². The van der Waals surface area contributed by atoms with Crippen LogP contribution in [0.1, 0.15) is 5.56 Å². The van der Waals surface area contributed by atoms with Crippen molar-refractivity contribution in [3.63, 3.8) is 0 Å². The highest BCUT2D eigenvalue weighted by Gasteiger charge is 2.37. The molecule has 7 nitrogen and oxygen atoms in total. The molecule has 0 aliphatic rings. The van der Waals surface area contributed by atoms with E-state index in [9.17, 15) is 22.5 Å². The fraction of sp³-hybridized carbons (Fsp3) is 0.278. The third kappa shape index (κ3) is 6.75. The second-order valence-electron chi connectivity index (χ2n) is 5.80. The molecule has 31 heavy (non-hydrogen) atoms. The predicted octanol–water partition coefficient (Wildman–Crippen LogP) is 5.65. The second kappa shape index (κ2) is 10.6. The van der Waals surface area contributed by atoms with Gasteiger partial charge >= 0.3 is 13.8 Å². The Morgan fingerprint density at radius 2 is 1.77 bits per heavy atom. The van der Waals surface area contributed by atoms with Crippen LogP contribution in [0.5, 0.6) is 17.2 Å². The highest BCUT2D eigenvalue weighted by atomic mass is 35.5. The van der Waals surface area contributed by atoms with Crippen LogP contribution in [-0.4, -0.2) is 32.0 Å². The Labute approximate surface area is 185 Å². The van der Waals surface area contributed by atoms with Gasteiger partial charge in [0.25, 0.3) is 5.97 Å². The molecule has 0 bridgehead atoms. The number of ether oxygens (including phenoxy) is 2. The Balaban J connectivity index is 2.26. The van der Waals surface area contributed by atoms with Crippen molar-refractivity contribution < 1.29 is 41.1 Å². The van der Waals surface area contributed by atoms with Gasteiger partial charge in [0.05, 0.1) is 10.6 Å². The molecule has 0 aliphatic carbocycles. The Morgan fingerprint density at radius 1 is 1.13 bits per heavy atom. The van der Waals surface area contributed by atoms with E-state index in [0.29, 0.717) is 0 Å². The number of nitrogens with one attached hydrogen (secondary N) is 1. The van der Waals surface area contributed by atoms with Crippen LogP contribution in [0.25, 0.3) is 0 Å². The number of halogens is 5. The van der Waals surface area contributed by atoms with Crippen molar-refractivity contribution in [3.8, 4) is 17.2 Å². The molecule has 0 saturated heterocycles. The highest BCUT2D eigenvalue weighted by Crippen LogP contribution is 2.51. The van der Waals surface area contributed by atoms with Crippen LogP contribution < -0.4 is 14.8 Å². The first-order chi connectivity index (χ1) is 14.5. The number of rotatable bonds is 9. The van der Waals surface area contributed by atoms with Gasteiger partial charge in [-0.1, -0.05) is 17.7 Å². The van der Waals surface area contributed by atoms with E-state index >= 15 is 0 Å². The lowest BCUT2D eigenvalue weighted by atomic mass is 10.2. The van der Waals surface area contributed by atoms with Crippen molar-refractivity contribution in [2.45, 2.75) is 12.1 Å². The van der Waals surface area contributed by atoms with Crippen LogP contribution >= 0.6 is 30.8 Å². The number of alkyl halides is 4. The van der Waals surface area contributed by atoms with Gasteiger partial charge < -0.3 is 23.8 Å². The van der Waals surface area contributed by atoms with E-state index in [4.69, 9.17) is 41.7 Å². The minimum absolute atomic E-state index is 0.0294. The van der Waals surface area contributed by atoms with Crippen LogP contribution in [0.4, 0.5) is 13.2 Å². The molecule has 2 aromatic rings. The molecule has 2 rings (SSSR count). The van der Waals surface area contributed by atoms with Gasteiger partial charge in [0.15, 0.2) is 0 Å². The Bertz CT molecular complexity index is 968. The summed E-state index contributed by atoms with van der Waals surface area (Å²) in [7, 11) is -1.69. The Morgan fingerprint density at radius 3 is 2.32 bits per heavy atom. The molecule has 0 radical (unpaired) electrons. The molecule has 170 valence electrons. The van der Waals surface area contributed by atoms with E-state index in [2.05, 4.69) is 5.32 Å². The molecule has 2 aromatic carbocycles. The molecule has 0 aromatic heterocycles. The molecule has 13 heteroatoms. The number of benzene rings is 2. The maximum atomic E-state index is 12.8. The predicted molar refractivity (Wildman–Crippen MR) is 108 cm³/mol. The summed E-state index contributed by atoms with van der Waals surface area (Å²) in [6, 6.07) is 8.41. The largest absolute Gasteiger partial charge is 0.458 e. The minimum Gasteiger partial charge on any atom is -0.458 e. The van der Waals surface area contributed by atoms with Crippen molar-refractivity contribution in [2.24, 2.45) is 0 Å². The lowest BCUT2D eigenvalue weighted by Gasteiger charge is -2.25. The molecule has 0 saturated carbocycles. The first-order valence-electron chi connectivity index (χ1n) is 8.40. The van der Waals surface area contributed by atoms with Gasteiger partial charge in [0.1, 0.15) is 23.1 Å². The van der Waals surface area contributed by atoms with E-state index in [1.807, 2.05) is 0 Å². The SMILES string of the molecule is COP(=O)(OC)C(NC(=O)CCl)Oc1cccc(Oc2ccc(C(F)(F)F)cc2Cl)c1. The van der Waals surface area contributed by atoms with E-state index in [-0.39, 0.29) is 22.3 Å². The van der Waals surface area contributed by atoms with Crippen molar-refractivity contribution in [3.05, 3.63) is 53.1 Å². The molecule has 1 amide bonds. The molecule has 1 unspecified atom stereocenters. The normalized spacial score (nSPS) is 12.9. The number of hydrogen-bond donors (Lipinski definition) is 1. The summed E-state index contributed by atoms with van der Waals surface area (Å²) in [4.78, 5) is 11.7. The molecule has 1 atom stereocenters. The van der Waals surface area contributed by atoms with Crippen LogP contribution in [0.2, 0.25) is 5.02 Å². The van der Waals surface area contributed by atoms with E-state index in [1.54, 1.807) is 0 Å². The van der Waals surface area contributed by atoms with Gasteiger partial charge in [0.2, 0.25) is 5.91 Å². The van der Waals surface area contributed by atoms with Gasteiger partial charge in [-0.3, -0.25) is 9.36 Å². The topological polar surface area (TPSA) is 83.1 Å². The number of carbonyl (C=O) groups is 1. The van der Waals surface area contributed by atoms with Crippen LogP contribution in [-0.2, 0) is 24.6 Å². The fourth-order valence-electron chi connectivity index (χ4n) is 2.24. The first-order valence-corrected chi connectivity index (χ1v) is 10.9. The van der Waals surface area contributed by atoms with Gasteiger partial charge in [-0.15, -0.1) is 11.6 Å². The Hall–Kier alpha value is -1.97. The molecular weight excluding hydrogens is 485 g/mol. The van der Waals surface area contributed by atoms with E-state index < -0.39 is 37.1 Å². The maximum Gasteiger partial charge on any atom is 0.416 e. The third-order valence-electron chi connectivity index (χ3n) is 3.74. The fourth-order valence-corrected chi connectivity index (χ4v) is 3.62. The summed E-state index contributed by atoms with van der Waals surface area (Å²) in [6.07, 6.45) is -4.55. The van der Waals surface area contributed by atoms with Crippen LogP contribution in [0, 0.1) is 0 Å². The zero-order chi connectivity index (χ0) is 23.2. The minimum atomic E-state index is -4.55. The molecular formula is C18H17Cl2F3NO6P. The lowest BCUT2D eigenvalue weighted by Crippen LogP contribution is -2.40. The zero-order valence-corrected chi connectivity index (χ0v) is 18.5. The molecule has 0 heterocycles. The standard InChI is InChI=1S/C18H17Cl2F3NO6P/c1-27-31(26,28-2)17(24-16(25)10-19)30-13-5-3-4-12(9-13)29-15-7-6-11(8-14(15)20)18(21,22)23/h3-9,17H,10H2,1-2H3,(H,24,25). The third-order valence-corrected chi connectivity index (χ3v) is 6.11. The summed E-state index contributed by atoms with van der Waals surface area (Å²) in [5.74, 6) is -2.45. The summed E-state index contributed by atoms with van der Waals surface area (Å²) in [6.45, 7) is 0. The van der Waals surface area contributed by atoms with Gasteiger partial charge in [-0.25, -0.2) is 0 Å². The average Bonchev–Trinajstić information content (AvgIpc) is 2.73. The molecule has 0 spiro atoms. The number of carbonyl (C=O) groups excluding carboxylic acids is 1. The summed E-state index contributed by atoms with van der Waals surface area (Å²) >= 11 is 11.4. The van der Waals surface area contributed by atoms with Gasteiger partial charge in [-0.05, 0) is 30.3 Å². The van der Waals surface area contributed by atoms with E-state index in [1.165, 1.54) is 24.3 Å². The lowest BCUT2D eigenvalue weighted by molar-refractivity contribution is -0.137. The van der Waals surface area contributed by atoms with Crippen molar-refractivity contribution >= 4 is 36.7 Å². The summed E-state index contributed by atoms with van der Waals surface area (Å²) in [5, 5.41) is 2.03. The highest BCUT2D eigenvalue weighted by molar-refractivity contribution is 7.54. The first kappa shape index (κ1) is 25.3. The number of amides is 1. The molecule has 0 fully saturated rings. The summed E-state index contributed by atoms with van der Waals surface area (Å²) in [5.41, 5.74) is -0.922. The smallest absolute Gasteiger partial charge is 0.416 e. The Kier molecular flexibility index (Phi) is 8.62. The van der Waals surface area contributed by atoms with Crippen molar-refractivity contribution in [2.75, 3.05) is 20.1 Å². The second-order valence-corrected chi connectivity index (χ2v) is 8.75. The molecule has 1 N–H and O–H groups in total. The average molecular weight is 502 g/mol. The van der Waals surface area contributed by atoms with Gasteiger partial charge in [-0.2, -0.15) is 13.2 Å². The van der Waals surface area contributed by atoms with Crippen LogP contribution in [0.15, 0.2) is 42.5 Å². The van der Waals surface area contributed by atoms with Crippen molar-refractivity contribution in [1.29, 1.82) is 0 Å². The maximum absolute atomic E-state index is 12.8. The molecule has 0 aliphatic heterocycles. The summed E-state index contributed by atoms with van der Waals surface area (Å²) < 4.78 is 71.8. The monoisotopic (exact) mass is 501 g/mol. The van der Waals surface area contributed by atoms with Gasteiger partial charge in [0, 0.05) is 20.3 Å². The van der Waals surface area contributed by atoms with Crippen LogP contribution in [0.3, 0.4) is 0 Å². The quantitative estimate of drug-likeness (QED) is 0.271. The van der Waals surface area contributed by atoms with Crippen molar-refractivity contribution in [1.82, 2.24) is 5.32 Å².